The second-order valence-corrected chi connectivity index (χ2v) is 5.62. The third kappa shape index (κ3) is 3.43. The van der Waals surface area contributed by atoms with Crippen LogP contribution in [0.5, 0.6) is 5.75 Å². The van der Waals surface area contributed by atoms with E-state index in [1.165, 1.54) is 13.2 Å². The highest BCUT2D eigenvalue weighted by Gasteiger charge is 2.37. The average molecular weight is 325 g/mol. The van der Waals surface area contributed by atoms with Gasteiger partial charge in [0.05, 0.1) is 6.20 Å². The van der Waals surface area contributed by atoms with E-state index in [1.54, 1.807) is 6.07 Å². The second-order valence-electron chi connectivity index (χ2n) is 5.62. The van der Waals surface area contributed by atoms with Gasteiger partial charge in [-0.3, -0.25) is 4.68 Å². The first-order chi connectivity index (χ1) is 10.9. The smallest absolute Gasteiger partial charge is 0.433 e. The Hall–Kier alpha value is -2.18. The van der Waals surface area contributed by atoms with E-state index in [9.17, 15) is 13.2 Å². The van der Waals surface area contributed by atoms with Crippen LogP contribution in [0.15, 0.2) is 30.5 Å². The van der Waals surface area contributed by atoms with Gasteiger partial charge in [-0.25, -0.2) is 0 Å². The molecule has 1 aromatic heterocycles. The van der Waals surface area contributed by atoms with Crippen LogP contribution in [-0.4, -0.2) is 22.9 Å². The van der Waals surface area contributed by atoms with Gasteiger partial charge in [-0.2, -0.15) is 18.3 Å². The molecule has 2 aromatic rings. The number of anilines is 1. The average Bonchev–Trinajstić information content (AvgIpc) is 3.14. The quantitative estimate of drug-likeness (QED) is 0.860. The second kappa shape index (κ2) is 6.14. The normalized spacial score (nSPS) is 15.2. The minimum Gasteiger partial charge on any atom is -0.489 e. The minimum atomic E-state index is -4.44. The lowest BCUT2D eigenvalue weighted by atomic mass is 10.2. The van der Waals surface area contributed by atoms with Gasteiger partial charge in [0, 0.05) is 37.5 Å². The summed E-state index contributed by atoms with van der Waals surface area (Å²) in [4.78, 5) is 2.25. The van der Waals surface area contributed by atoms with Gasteiger partial charge in [0.2, 0.25) is 0 Å². The molecule has 0 bridgehead atoms. The first kappa shape index (κ1) is 15.7. The molecule has 1 fully saturated rings. The number of aryl methyl sites for hydroxylation is 1. The fourth-order valence-electron chi connectivity index (χ4n) is 2.86. The van der Waals surface area contributed by atoms with E-state index in [2.05, 4.69) is 10.00 Å². The lowest BCUT2D eigenvalue weighted by molar-refractivity contribution is -0.144. The van der Waals surface area contributed by atoms with Gasteiger partial charge in [-0.1, -0.05) is 6.07 Å². The van der Waals surface area contributed by atoms with Gasteiger partial charge in [-0.15, -0.1) is 0 Å². The Morgan fingerprint density at radius 1 is 1.22 bits per heavy atom. The number of hydrogen-bond acceptors (Lipinski definition) is 3. The van der Waals surface area contributed by atoms with Gasteiger partial charge in [0.25, 0.3) is 0 Å². The van der Waals surface area contributed by atoms with E-state index < -0.39 is 11.9 Å². The molecule has 0 radical (unpaired) electrons. The maximum atomic E-state index is 13.0. The van der Waals surface area contributed by atoms with Crippen molar-refractivity contribution in [3.8, 4) is 5.75 Å². The molecule has 0 amide bonds. The zero-order valence-corrected chi connectivity index (χ0v) is 12.8. The number of benzene rings is 1. The molecule has 1 aliphatic heterocycles. The highest BCUT2D eigenvalue weighted by atomic mass is 19.4. The number of halogens is 3. The molecular formula is C16H18F3N3O. The summed E-state index contributed by atoms with van der Waals surface area (Å²) in [5.41, 5.74) is 0.307. The lowest BCUT2D eigenvalue weighted by Crippen LogP contribution is -2.17. The van der Waals surface area contributed by atoms with E-state index >= 15 is 0 Å². The summed E-state index contributed by atoms with van der Waals surface area (Å²) in [7, 11) is 1.28. The van der Waals surface area contributed by atoms with Crippen LogP contribution in [0.2, 0.25) is 0 Å². The predicted octanol–water partition coefficient (Wildman–Crippen LogP) is 3.62. The third-order valence-electron chi connectivity index (χ3n) is 3.97. The van der Waals surface area contributed by atoms with Crippen molar-refractivity contribution in [2.45, 2.75) is 25.6 Å². The lowest BCUT2D eigenvalue weighted by Gasteiger charge is -2.18. The first-order valence-corrected chi connectivity index (χ1v) is 7.51. The van der Waals surface area contributed by atoms with Crippen LogP contribution in [0.3, 0.4) is 0 Å². The van der Waals surface area contributed by atoms with Gasteiger partial charge >= 0.3 is 6.18 Å². The SMILES string of the molecule is Cn1ncc(COc2cccc(N3CCCC3)c2)c1C(F)(F)F. The molecule has 4 nitrogen and oxygen atoms in total. The van der Waals surface area contributed by atoms with Crippen molar-refractivity contribution in [3.05, 3.63) is 41.7 Å². The van der Waals surface area contributed by atoms with Gasteiger partial charge in [-0.05, 0) is 25.0 Å². The van der Waals surface area contributed by atoms with Crippen molar-refractivity contribution < 1.29 is 17.9 Å². The van der Waals surface area contributed by atoms with Gasteiger partial charge in [0.15, 0.2) is 0 Å². The number of nitrogens with zero attached hydrogens (tertiary/aromatic N) is 3. The molecule has 1 aliphatic rings. The Morgan fingerprint density at radius 3 is 2.65 bits per heavy atom. The van der Waals surface area contributed by atoms with E-state index in [-0.39, 0.29) is 12.2 Å². The van der Waals surface area contributed by atoms with E-state index in [0.717, 1.165) is 36.3 Å². The first-order valence-electron chi connectivity index (χ1n) is 7.51. The van der Waals surface area contributed by atoms with Crippen LogP contribution in [0, 0.1) is 0 Å². The number of aromatic nitrogens is 2. The minimum absolute atomic E-state index is 0.0339. The monoisotopic (exact) mass is 325 g/mol. The third-order valence-corrected chi connectivity index (χ3v) is 3.97. The van der Waals surface area contributed by atoms with Crippen molar-refractivity contribution in [1.29, 1.82) is 0 Å². The molecule has 0 aliphatic carbocycles. The van der Waals surface area contributed by atoms with Crippen molar-refractivity contribution in [3.63, 3.8) is 0 Å². The summed E-state index contributed by atoms with van der Waals surface area (Å²) >= 11 is 0. The van der Waals surface area contributed by atoms with Crippen LogP contribution >= 0.6 is 0 Å². The molecule has 3 rings (SSSR count). The van der Waals surface area contributed by atoms with E-state index in [1.807, 2.05) is 18.2 Å². The molecule has 0 spiro atoms. The van der Waals surface area contributed by atoms with Crippen molar-refractivity contribution in [1.82, 2.24) is 9.78 Å². The van der Waals surface area contributed by atoms with Gasteiger partial charge < -0.3 is 9.64 Å². The Morgan fingerprint density at radius 2 is 1.96 bits per heavy atom. The van der Waals surface area contributed by atoms with Crippen molar-refractivity contribution in [2.75, 3.05) is 18.0 Å². The molecule has 0 atom stereocenters. The molecule has 0 N–H and O–H groups in total. The fourth-order valence-corrected chi connectivity index (χ4v) is 2.86. The summed E-state index contributed by atoms with van der Waals surface area (Å²) in [6, 6.07) is 7.47. The Labute approximate surface area is 132 Å². The van der Waals surface area contributed by atoms with E-state index in [4.69, 9.17) is 4.74 Å². The zero-order valence-electron chi connectivity index (χ0n) is 12.8. The zero-order chi connectivity index (χ0) is 16.4. The molecular weight excluding hydrogens is 307 g/mol. The maximum Gasteiger partial charge on any atom is 0.433 e. The Balaban J connectivity index is 1.73. The Kier molecular flexibility index (Phi) is 4.19. The van der Waals surface area contributed by atoms with Gasteiger partial charge in [0.1, 0.15) is 18.1 Å². The summed E-state index contributed by atoms with van der Waals surface area (Å²) in [6.07, 6.45) is -0.917. The summed E-state index contributed by atoms with van der Waals surface area (Å²) in [5.74, 6) is 0.561. The molecule has 0 unspecified atom stereocenters. The number of rotatable bonds is 4. The fraction of sp³-hybridized carbons (Fsp3) is 0.438. The van der Waals surface area contributed by atoms with Crippen LogP contribution in [0.1, 0.15) is 24.1 Å². The highest BCUT2D eigenvalue weighted by molar-refractivity contribution is 5.51. The number of ether oxygens (including phenoxy) is 1. The molecule has 0 saturated carbocycles. The summed E-state index contributed by atoms with van der Waals surface area (Å²) in [5, 5.41) is 3.68. The topological polar surface area (TPSA) is 30.3 Å². The van der Waals surface area contributed by atoms with E-state index in [0.29, 0.717) is 5.75 Å². The molecule has 1 aromatic carbocycles. The van der Waals surface area contributed by atoms with Crippen LogP contribution in [0.4, 0.5) is 18.9 Å². The van der Waals surface area contributed by atoms with Crippen LogP contribution < -0.4 is 9.64 Å². The predicted molar refractivity (Wildman–Crippen MR) is 80.4 cm³/mol. The maximum absolute atomic E-state index is 13.0. The molecule has 124 valence electrons. The summed E-state index contributed by atoms with van der Waals surface area (Å²) < 4.78 is 45.4. The highest BCUT2D eigenvalue weighted by Crippen LogP contribution is 2.32. The van der Waals surface area contributed by atoms with Crippen molar-refractivity contribution >= 4 is 5.69 Å². The molecule has 7 heteroatoms. The largest absolute Gasteiger partial charge is 0.489 e. The van der Waals surface area contributed by atoms with Crippen LogP contribution in [-0.2, 0) is 19.8 Å². The van der Waals surface area contributed by atoms with Crippen molar-refractivity contribution in [2.24, 2.45) is 7.05 Å². The molecule has 23 heavy (non-hydrogen) atoms. The molecule has 1 saturated heterocycles. The molecule has 2 heterocycles. The Bertz CT molecular complexity index is 675. The number of alkyl halides is 3. The number of hydrogen-bond donors (Lipinski definition) is 0. The van der Waals surface area contributed by atoms with Crippen LogP contribution in [0.25, 0.3) is 0 Å². The standard InChI is InChI=1S/C16H18F3N3O/c1-21-15(16(17,18)19)12(10-20-21)11-23-14-6-4-5-13(9-14)22-7-2-3-8-22/h4-6,9-10H,2-3,7-8,11H2,1H3. The summed E-state index contributed by atoms with van der Waals surface area (Å²) in [6.45, 7) is 1.85.